The number of benzene rings is 1. The molecule has 1 heterocycles. The van der Waals surface area contributed by atoms with E-state index in [1.807, 2.05) is 6.07 Å². The van der Waals surface area contributed by atoms with Crippen LogP contribution in [-0.4, -0.2) is 35.1 Å². The van der Waals surface area contributed by atoms with Gasteiger partial charge in [-0.05, 0) is 56.4 Å². The highest BCUT2D eigenvalue weighted by Crippen LogP contribution is 2.23. The normalized spacial score (nSPS) is 18.6. The number of thioether (sulfide) groups is 1. The molecular formula is C16H22N2O2S. The first-order valence-electron chi connectivity index (χ1n) is 7.28. The van der Waals surface area contributed by atoms with Gasteiger partial charge in [0.25, 0.3) is 0 Å². The largest absolute Gasteiger partial charge is 0.368 e. The molecule has 1 aliphatic rings. The van der Waals surface area contributed by atoms with Gasteiger partial charge in [0.2, 0.25) is 11.8 Å². The van der Waals surface area contributed by atoms with Crippen LogP contribution in [0.25, 0.3) is 0 Å². The fourth-order valence-electron chi connectivity index (χ4n) is 2.56. The molecule has 0 spiro atoms. The average Bonchev–Trinajstić information content (AvgIpc) is 2.48. The number of rotatable bonds is 4. The molecule has 2 rings (SSSR count). The lowest BCUT2D eigenvalue weighted by molar-refractivity contribution is -0.138. The molecule has 1 fully saturated rings. The molecule has 0 saturated carbocycles. The van der Waals surface area contributed by atoms with Gasteiger partial charge in [-0.2, -0.15) is 0 Å². The summed E-state index contributed by atoms with van der Waals surface area (Å²) in [6.07, 6.45) is 2.60. The second kappa shape index (κ2) is 6.98. The molecule has 1 aliphatic heterocycles. The second-order valence-corrected chi connectivity index (χ2v) is 6.58. The van der Waals surface area contributed by atoms with Gasteiger partial charge in [-0.1, -0.05) is 6.07 Å². The van der Waals surface area contributed by atoms with E-state index in [1.54, 1.807) is 4.90 Å². The summed E-state index contributed by atoms with van der Waals surface area (Å²) in [5.41, 5.74) is 7.87. The van der Waals surface area contributed by atoms with Crippen molar-refractivity contribution in [1.29, 1.82) is 0 Å². The summed E-state index contributed by atoms with van der Waals surface area (Å²) < 4.78 is 0. The maximum Gasteiger partial charge on any atom is 0.240 e. The van der Waals surface area contributed by atoms with Crippen molar-refractivity contribution in [3.63, 3.8) is 0 Å². The monoisotopic (exact) mass is 306 g/mol. The third kappa shape index (κ3) is 4.00. The maximum atomic E-state index is 12.3. The summed E-state index contributed by atoms with van der Waals surface area (Å²) in [4.78, 5) is 26.5. The maximum absolute atomic E-state index is 12.3. The van der Waals surface area contributed by atoms with Gasteiger partial charge in [-0.15, -0.1) is 11.8 Å². The van der Waals surface area contributed by atoms with Gasteiger partial charge in [0.05, 0.1) is 5.75 Å². The summed E-state index contributed by atoms with van der Waals surface area (Å²) >= 11 is 1.52. The Hall–Kier alpha value is -1.49. The third-order valence-electron chi connectivity index (χ3n) is 3.99. The highest BCUT2D eigenvalue weighted by molar-refractivity contribution is 8.00. The molecule has 1 atom stereocenters. The molecule has 0 aliphatic carbocycles. The van der Waals surface area contributed by atoms with Crippen LogP contribution in [0, 0.1) is 13.8 Å². The van der Waals surface area contributed by atoms with Gasteiger partial charge < -0.3 is 10.6 Å². The molecular weight excluding hydrogens is 284 g/mol. The van der Waals surface area contributed by atoms with E-state index >= 15 is 0 Å². The Morgan fingerprint density at radius 3 is 2.71 bits per heavy atom. The van der Waals surface area contributed by atoms with E-state index in [-0.39, 0.29) is 11.8 Å². The summed E-state index contributed by atoms with van der Waals surface area (Å²) in [5, 5.41) is 0. The van der Waals surface area contributed by atoms with Crippen molar-refractivity contribution in [2.45, 2.75) is 44.0 Å². The fourth-order valence-corrected chi connectivity index (χ4v) is 3.44. The number of amides is 2. The Balaban J connectivity index is 1.96. The Morgan fingerprint density at radius 1 is 1.29 bits per heavy atom. The number of hydrogen-bond acceptors (Lipinski definition) is 3. The molecule has 2 amide bonds. The molecule has 2 N–H and O–H groups in total. The predicted octanol–water partition coefficient (Wildman–Crippen LogP) is 2.26. The fraction of sp³-hybridized carbons (Fsp3) is 0.500. The highest BCUT2D eigenvalue weighted by atomic mass is 32.2. The second-order valence-electron chi connectivity index (χ2n) is 5.54. The molecule has 0 bridgehead atoms. The van der Waals surface area contributed by atoms with Gasteiger partial charge in [0, 0.05) is 11.4 Å². The number of nitrogens with zero attached hydrogens (tertiary/aromatic N) is 1. The number of carbonyl (C=O) groups excluding carboxylic acids is 2. The number of piperidine rings is 1. The minimum absolute atomic E-state index is 0.00160. The van der Waals surface area contributed by atoms with Crippen molar-refractivity contribution in [3.05, 3.63) is 29.3 Å². The minimum Gasteiger partial charge on any atom is -0.368 e. The number of likely N-dealkylation sites (tertiary alicyclic amines) is 1. The molecule has 1 aromatic carbocycles. The van der Waals surface area contributed by atoms with Crippen molar-refractivity contribution in [2.24, 2.45) is 5.73 Å². The topological polar surface area (TPSA) is 63.4 Å². The Labute approximate surface area is 130 Å². The molecule has 114 valence electrons. The van der Waals surface area contributed by atoms with E-state index < -0.39 is 6.04 Å². The van der Waals surface area contributed by atoms with E-state index in [4.69, 9.17) is 5.73 Å². The van der Waals surface area contributed by atoms with E-state index in [9.17, 15) is 9.59 Å². The van der Waals surface area contributed by atoms with Crippen LogP contribution >= 0.6 is 11.8 Å². The van der Waals surface area contributed by atoms with Gasteiger partial charge in [0.15, 0.2) is 0 Å². The lowest BCUT2D eigenvalue weighted by Crippen LogP contribution is -2.51. The first-order chi connectivity index (χ1) is 9.99. The van der Waals surface area contributed by atoms with E-state index in [0.29, 0.717) is 18.7 Å². The molecule has 1 saturated heterocycles. The zero-order valence-electron chi connectivity index (χ0n) is 12.6. The lowest BCUT2D eigenvalue weighted by Gasteiger charge is -2.33. The standard InChI is InChI=1S/C16H22N2O2S/c1-11-6-7-13(9-12(11)2)21-10-15(19)18-8-4-3-5-14(18)16(17)20/h6-7,9,14H,3-5,8,10H2,1-2H3,(H2,17,20)/t14-/m1/s1. The van der Waals surface area contributed by atoms with Gasteiger partial charge >= 0.3 is 0 Å². The quantitative estimate of drug-likeness (QED) is 0.868. The van der Waals surface area contributed by atoms with Crippen LogP contribution in [0.5, 0.6) is 0 Å². The summed E-state index contributed by atoms with van der Waals surface area (Å²) in [6.45, 7) is 4.77. The lowest BCUT2D eigenvalue weighted by atomic mass is 10.0. The predicted molar refractivity (Wildman–Crippen MR) is 85.2 cm³/mol. The smallest absolute Gasteiger partial charge is 0.240 e. The van der Waals surface area contributed by atoms with Crippen LogP contribution in [-0.2, 0) is 9.59 Å². The summed E-state index contributed by atoms with van der Waals surface area (Å²) in [5.74, 6) is -0.0345. The van der Waals surface area contributed by atoms with Crippen molar-refractivity contribution in [2.75, 3.05) is 12.3 Å². The van der Waals surface area contributed by atoms with Crippen LogP contribution in [0.2, 0.25) is 0 Å². The summed E-state index contributed by atoms with van der Waals surface area (Å²) in [6, 6.07) is 5.76. The molecule has 21 heavy (non-hydrogen) atoms. The molecule has 1 aromatic rings. The zero-order valence-corrected chi connectivity index (χ0v) is 13.4. The van der Waals surface area contributed by atoms with Gasteiger partial charge in [-0.3, -0.25) is 9.59 Å². The SMILES string of the molecule is Cc1ccc(SCC(=O)N2CCCC[C@@H]2C(N)=O)cc1C. The zero-order chi connectivity index (χ0) is 15.4. The van der Waals surface area contributed by atoms with Crippen LogP contribution < -0.4 is 5.73 Å². The van der Waals surface area contributed by atoms with Crippen LogP contribution in [0.4, 0.5) is 0 Å². The van der Waals surface area contributed by atoms with Crippen LogP contribution in [0.1, 0.15) is 30.4 Å². The molecule has 4 nitrogen and oxygen atoms in total. The summed E-state index contributed by atoms with van der Waals surface area (Å²) in [7, 11) is 0. The number of aryl methyl sites for hydroxylation is 2. The van der Waals surface area contributed by atoms with Crippen molar-refractivity contribution in [3.8, 4) is 0 Å². The van der Waals surface area contributed by atoms with E-state index in [2.05, 4.69) is 26.0 Å². The number of primary amides is 1. The number of carbonyl (C=O) groups is 2. The van der Waals surface area contributed by atoms with E-state index in [1.165, 1.54) is 22.9 Å². The van der Waals surface area contributed by atoms with E-state index in [0.717, 1.165) is 17.7 Å². The average molecular weight is 306 g/mol. The number of hydrogen-bond donors (Lipinski definition) is 1. The molecule has 0 unspecified atom stereocenters. The molecule has 5 heteroatoms. The van der Waals surface area contributed by atoms with Crippen molar-refractivity contribution in [1.82, 2.24) is 4.90 Å². The van der Waals surface area contributed by atoms with Crippen molar-refractivity contribution >= 4 is 23.6 Å². The van der Waals surface area contributed by atoms with Crippen LogP contribution in [0.3, 0.4) is 0 Å². The van der Waals surface area contributed by atoms with Crippen molar-refractivity contribution < 1.29 is 9.59 Å². The molecule has 0 radical (unpaired) electrons. The van der Waals surface area contributed by atoms with Gasteiger partial charge in [-0.25, -0.2) is 0 Å². The minimum atomic E-state index is -0.424. The first kappa shape index (κ1) is 15.9. The Kier molecular flexibility index (Phi) is 5.28. The van der Waals surface area contributed by atoms with Gasteiger partial charge in [0.1, 0.15) is 6.04 Å². The van der Waals surface area contributed by atoms with Crippen LogP contribution in [0.15, 0.2) is 23.1 Å². The first-order valence-corrected chi connectivity index (χ1v) is 8.26. The highest BCUT2D eigenvalue weighted by Gasteiger charge is 2.30. The Bertz CT molecular complexity index is 545. The Morgan fingerprint density at radius 2 is 2.05 bits per heavy atom. The number of nitrogens with two attached hydrogens (primary N) is 1. The third-order valence-corrected chi connectivity index (χ3v) is 4.97. The molecule has 0 aromatic heterocycles.